The molecule has 1 atom stereocenters. The number of benzene rings is 1. The molecule has 0 N–H and O–H groups in total. The quantitative estimate of drug-likeness (QED) is 0.848. The van der Waals surface area contributed by atoms with Crippen molar-refractivity contribution in [2.75, 3.05) is 26.3 Å². The molecule has 1 aromatic carbocycles. The van der Waals surface area contributed by atoms with Crippen LogP contribution in [0.25, 0.3) is 0 Å². The minimum absolute atomic E-state index is 0.117. The standard InChI is InChI=1S/C21H24N2O3/c24-20(17-5-2-1-3-6-17)23-11-8-21(9-12-23)13-19(26-16-21)15-25-18-7-4-10-22-14-18/h1-7,10,14,19H,8-9,11-13,15-16H2/t19-/m0/s1. The molecule has 1 aromatic heterocycles. The van der Waals surface area contributed by atoms with Crippen LogP contribution in [0.3, 0.4) is 0 Å². The van der Waals surface area contributed by atoms with E-state index in [9.17, 15) is 4.79 Å². The zero-order chi connectivity index (χ0) is 17.8. The Kier molecular flexibility index (Phi) is 4.89. The van der Waals surface area contributed by atoms with Gasteiger partial charge in [-0.2, -0.15) is 0 Å². The summed E-state index contributed by atoms with van der Waals surface area (Å²) in [6.45, 7) is 2.92. The lowest BCUT2D eigenvalue weighted by atomic mass is 9.76. The number of aromatic nitrogens is 1. The fraction of sp³-hybridized carbons (Fsp3) is 0.429. The number of pyridine rings is 1. The van der Waals surface area contributed by atoms with Crippen LogP contribution in [-0.4, -0.2) is 48.2 Å². The number of piperidine rings is 1. The molecule has 1 spiro atoms. The maximum atomic E-state index is 12.6. The van der Waals surface area contributed by atoms with Crippen LogP contribution < -0.4 is 4.74 Å². The monoisotopic (exact) mass is 352 g/mol. The van der Waals surface area contributed by atoms with Crippen molar-refractivity contribution in [3.05, 3.63) is 60.4 Å². The normalized spacial score (nSPS) is 21.7. The second-order valence-electron chi connectivity index (χ2n) is 7.30. The number of rotatable bonds is 4. The van der Waals surface area contributed by atoms with E-state index in [1.165, 1.54) is 0 Å². The molecule has 1 amide bonds. The third-order valence-corrected chi connectivity index (χ3v) is 5.49. The number of carbonyl (C=O) groups is 1. The fourth-order valence-corrected chi connectivity index (χ4v) is 3.92. The highest BCUT2D eigenvalue weighted by atomic mass is 16.5. The Morgan fingerprint density at radius 3 is 2.73 bits per heavy atom. The number of hydrogen-bond acceptors (Lipinski definition) is 4. The Balaban J connectivity index is 1.28. The van der Waals surface area contributed by atoms with E-state index in [-0.39, 0.29) is 17.4 Å². The van der Waals surface area contributed by atoms with Gasteiger partial charge >= 0.3 is 0 Å². The summed E-state index contributed by atoms with van der Waals surface area (Å²) < 4.78 is 11.8. The molecule has 4 rings (SSSR count). The molecule has 2 fully saturated rings. The minimum atomic E-state index is 0.117. The molecule has 2 aliphatic heterocycles. The Morgan fingerprint density at radius 1 is 1.19 bits per heavy atom. The average molecular weight is 352 g/mol. The first-order valence-corrected chi connectivity index (χ1v) is 9.23. The van der Waals surface area contributed by atoms with Gasteiger partial charge in [0.1, 0.15) is 12.4 Å². The Labute approximate surface area is 153 Å². The van der Waals surface area contributed by atoms with Crippen molar-refractivity contribution < 1.29 is 14.3 Å². The maximum absolute atomic E-state index is 12.6. The number of hydrogen-bond donors (Lipinski definition) is 0. The summed E-state index contributed by atoms with van der Waals surface area (Å²) >= 11 is 0. The SMILES string of the molecule is O=C(c1ccccc1)N1CCC2(CC1)CO[C@H](COc1cccnc1)C2. The van der Waals surface area contributed by atoms with Gasteiger partial charge < -0.3 is 14.4 Å². The zero-order valence-corrected chi connectivity index (χ0v) is 14.8. The Hall–Kier alpha value is -2.40. The lowest BCUT2D eigenvalue weighted by Crippen LogP contribution is -2.43. The Bertz CT molecular complexity index is 727. The van der Waals surface area contributed by atoms with Gasteiger partial charge in [-0.05, 0) is 48.9 Å². The molecular weight excluding hydrogens is 328 g/mol. The topological polar surface area (TPSA) is 51.7 Å². The predicted molar refractivity (Wildman–Crippen MR) is 98.1 cm³/mol. The van der Waals surface area contributed by atoms with Crippen LogP contribution in [0.1, 0.15) is 29.6 Å². The van der Waals surface area contributed by atoms with Crippen molar-refractivity contribution in [3.8, 4) is 5.75 Å². The van der Waals surface area contributed by atoms with E-state index in [0.717, 1.165) is 50.3 Å². The van der Waals surface area contributed by atoms with Gasteiger partial charge in [0.15, 0.2) is 0 Å². The zero-order valence-electron chi connectivity index (χ0n) is 14.8. The first-order valence-electron chi connectivity index (χ1n) is 9.23. The maximum Gasteiger partial charge on any atom is 0.253 e. The highest BCUT2D eigenvalue weighted by Gasteiger charge is 2.43. The molecule has 0 unspecified atom stereocenters. The largest absolute Gasteiger partial charge is 0.489 e. The molecule has 3 heterocycles. The molecule has 5 nitrogen and oxygen atoms in total. The van der Waals surface area contributed by atoms with Crippen LogP contribution in [0.2, 0.25) is 0 Å². The van der Waals surface area contributed by atoms with Gasteiger partial charge in [0.2, 0.25) is 0 Å². The molecule has 2 aliphatic rings. The third-order valence-electron chi connectivity index (χ3n) is 5.49. The predicted octanol–water partition coefficient (Wildman–Crippen LogP) is 3.17. The summed E-state index contributed by atoms with van der Waals surface area (Å²) in [6, 6.07) is 13.3. The molecule has 136 valence electrons. The van der Waals surface area contributed by atoms with Crippen LogP contribution in [-0.2, 0) is 4.74 Å². The van der Waals surface area contributed by atoms with Crippen molar-refractivity contribution in [3.63, 3.8) is 0 Å². The van der Waals surface area contributed by atoms with E-state index < -0.39 is 0 Å². The van der Waals surface area contributed by atoms with Crippen LogP contribution in [0.15, 0.2) is 54.9 Å². The molecule has 0 radical (unpaired) electrons. The minimum Gasteiger partial charge on any atom is -0.489 e. The van der Waals surface area contributed by atoms with Gasteiger partial charge in [0, 0.05) is 24.8 Å². The van der Waals surface area contributed by atoms with E-state index in [1.54, 1.807) is 12.4 Å². The highest BCUT2D eigenvalue weighted by Crippen LogP contribution is 2.42. The van der Waals surface area contributed by atoms with Gasteiger partial charge in [0.05, 0.1) is 18.9 Å². The summed E-state index contributed by atoms with van der Waals surface area (Å²) in [4.78, 5) is 18.6. The highest BCUT2D eigenvalue weighted by molar-refractivity contribution is 5.94. The number of ether oxygens (including phenoxy) is 2. The lowest BCUT2D eigenvalue weighted by molar-refractivity contribution is 0.0427. The van der Waals surface area contributed by atoms with Crippen molar-refractivity contribution >= 4 is 5.91 Å². The summed E-state index contributed by atoms with van der Waals surface area (Å²) in [5.74, 6) is 0.913. The number of carbonyl (C=O) groups excluding carboxylic acids is 1. The van der Waals surface area contributed by atoms with Gasteiger partial charge in [-0.15, -0.1) is 0 Å². The summed E-state index contributed by atoms with van der Waals surface area (Å²) in [6.07, 6.45) is 6.56. The molecular formula is C21H24N2O3. The molecule has 2 aromatic rings. The third kappa shape index (κ3) is 3.73. The number of amides is 1. The van der Waals surface area contributed by atoms with E-state index in [2.05, 4.69) is 4.98 Å². The molecule has 0 saturated carbocycles. The van der Waals surface area contributed by atoms with Crippen molar-refractivity contribution in [2.24, 2.45) is 5.41 Å². The first kappa shape index (κ1) is 17.0. The first-order chi connectivity index (χ1) is 12.7. The van der Waals surface area contributed by atoms with E-state index >= 15 is 0 Å². The van der Waals surface area contributed by atoms with Gasteiger partial charge in [-0.1, -0.05) is 18.2 Å². The second kappa shape index (κ2) is 7.46. The lowest BCUT2D eigenvalue weighted by Gasteiger charge is -2.38. The van der Waals surface area contributed by atoms with Crippen molar-refractivity contribution in [1.29, 1.82) is 0 Å². The smallest absolute Gasteiger partial charge is 0.253 e. The van der Waals surface area contributed by atoms with Crippen LogP contribution >= 0.6 is 0 Å². The molecule has 0 bridgehead atoms. The van der Waals surface area contributed by atoms with Gasteiger partial charge in [-0.3, -0.25) is 9.78 Å². The van der Waals surface area contributed by atoms with E-state index in [0.29, 0.717) is 6.61 Å². The second-order valence-corrected chi connectivity index (χ2v) is 7.30. The summed E-state index contributed by atoms with van der Waals surface area (Å²) in [5, 5.41) is 0. The van der Waals surface area contributed by atoms with Crippen molar-refractivity contribution in [1.82, 2.24) is 9.88 Å². The van der Waals surface area contributed by atoms with Gasteiger partial charge in [-0.25, -0.2) is 0 Å². The number of likely N-dealkylation sites (tertiary alicyclic amines) is 1. The van der Waals surface area contributed by atoms with E-state index in [4.69, 9.17) is 9.47 Å². The molecule has 2 saturated heterocycles. The number of nitrogens with zero attached hydrogens (tertiary/aromatic N) is 2. The van der Waals surface area contributed by atoms with Crippen molar-refractivity contribution in [2.45, 2.75) is 25.4 Å². The molecule has 26 heavy (non-hydrogen) atoms. The molecule has 5 heteroatoms. The molecule has 0 aliphatic carbocycles. The van der Waals surface area contributed by atoms with Crippen LogP contribution in [0.5, 0.6) is 5.75 Å². The van der Waals surface area contributed by atoms with E-state index in [1.807, 2.05) is 47.4 Å². The summed E-state index contributed by atoms with van der Waals surface area (Å²) in [5.41, 5.74) is 0.963. The summed E-state index contributed by atoms with van der Waals surface area (Å²) in [7, 11) is 0. The Morgan fingerprint density at radius 2 is 2.00 bits per heavy atom. The average Bonchev–Trinajstić information content (AvgIpc) is 3.10. The van der Waals surface area contributed by atoms with Gasteiger partial charge in [0.25, 0.3) is 5.91 Å². The fourth-order valence-electron chi connectivity index (χ4n) is 3.92. The van der Waals surface area contributed by atoms with Crippen LogP contribution in [0.4, 0.5) is 0 Å². The van der Waals surface area contributed by atoms with Crippen LogP contribution in [0, 0.1) is 5.41 Å².